The number of pyridine rings is 1. The van der Waals surface area contributed by atoms with Crippen molar-refractivity contribution in [2.45, 2.75) is 25.2 Å². The molecule has 0 saturated heterocycles. The first kappa shape index (κ1) is 13.9. The quantitative estimate of drug-likeness (QED) is 0.581. The van der Waals surface area contributed by atoms with Gasteiger partial charge in [-0.2, -0.15) is 4.31 Å². The highest BCUT2D eigenvalue weighted by Crippen LogP contribution is 2.17. The van der Waals surface area contributed by atoms with Crippen molar-refractivity contribution in [3.63, 3.8) is 0 Å². The first-order chi connectivity index (χ1) is 8.06. The molecule has 1 heterocycles. The molecule has 0 unspecified atom stereocenters. The number of aromatic nitrogens is 1. The second-order valence-electron chi connectivity index (χ2n) is 3.52. The van der Waals surface area contributed by atoms with Crippen molar-refractivity contribution in [3.05, 3.63) is 18.3 Å². The van der Waals surface area contributed by atoms with Gasteiger partial charge in [-0.25, -0.2) is 19.2 Å². The Morgan fingerprint density at radius 1 is 1.47 bits per heavy atom. The van der Waals surface area contributed by atoms with Crippen LogP contribution in [0.1, 0.15) is 20.3 Å². The molecule has 3 N–H and O–H groups in total. The second-order valence-corrected chi connectivity index (χ2v) is 5.46. The summed E-state index contributed by atoms with van der Waals surface area (Å²) in [6.45, 7) is 4.71. The Labute approximate surface area is 102 Å². The minimum atomic E-state index is -3.45. The maximum Gasteiger partial charge on any atom is 0.243 e. The predicted molar refractivity (Wildman–Crippen MR) is 66.8 cm³/mol. The number of sulfonamides is 1. The van der Waals surface area contributed by atoms with Gasteiger partial charge in [0.2, 0.25) is 10.0 Å². The Morgan fingerprint density at radius 3 is 2.71 bits per heavy atom. The van der Waals surface area contributed by atoms with Crippen LogP contribution in [0.25, 0.3) is 0 Å². The molecule has 0 aliphatic heterocycles. The maximum atomic E-state index is 12.3. The van der Waals surface area contributed by atoms with Crippen LogP contribution >= 0.6 is 0 Å². The lowest BCUT2D eigenvalue weighted by Gasteiger charge is -2.19. The van der Waals surface area contributed by atoms with Crippen molar-refractivity contribution >= 4 is 15.8 Å². The van der Waals surface area contributed by atoms with Gasteiger partial charge in [0.05, 0.1) is 4.90 Å². The maximum absolute atomic E-state index is 12.3. The number of hydrogen-bond acceptors (Lipinski definition) is 5. The van der Waals surface area contributed by atoms with E-state index in [-0.39, 0.29) is 4.90 Å². The van der Waals surface area contributed by atoms with Gasteiger partial charge >= 0.3 is 0 Å². The van der Waals surface area contributed by atoms with Gasteiger partial charge in [-0.1, -0.05) is 13.8 Å². The molecular formula is C10H18N4O2S. The highest BCUT2D eigenvalue weighted by Gasteiger charge is 2.22. The molecule has 0 radical (unpaired) electrons. The van der Waals surface area contributed by atoms with Crippen LogP contribution in [0.5, 0.6) is 0 Å². The summed E-state index contributed by atoms with van der Waals surface area (Å²) in [7, 11) is -3.45. The molecule has 7 heteroatoms. The molecule has 17 heavy (non-hydrogen) atoms. The van der Waals surface area contributed by atoms with Gasteiger partial charge in [0, 0.05) is 25.4 Å². The van der Waals surface area contributed by atoms with E-state index in [9.17, 15) is 8.42 Å². The zero-order valence-electron chi connectivity index (χ0n) is 10.0. The average molecular weight is 258 g/mol. The fraction of sp³-hybridized carbons (Fsp3) is 0.500. The summed E-state index contributed by atoms with van der Waals surface area (Å²) in [6, 6.07) is 2.89. The van der Waals surface area contributed by atoms with Crippen LogP contribution in [-0.4, -0.2) is 30.8 Å². The van der Waals surface area contributed by atoms with Crippen molar-refractivity contribution < 1.29 is 8.42 Å². The van der Waals surface area contributed by atoms with Crippen LogP contribution in [0.4, 0.5) is 5.82 Å². The van der Waals surface area contributed by atoms with E-state index in [0.717, 1.165) is 6.42 Å². The third-order valence-corrected chi connectivity index (χ3v) is 4.31. The standard InChI is InChI=1S/C10H18N4O2S/c1-3-7-14(4-2)17(15,16)9-5-6-12-10(8-9)13-11/h5-6,8H,3-4,7,11H2,1-2H3,(H,12,13). The van der Waals surface area contributed by atoms with E-state index in [1.807, 2.05) is 13.8 Å². The van der Waals surface area contributed by atoms with Gasteiger partial charge in [-0.15, -0.1) is 0 Å². The Kier molecular flexibility index (Phi) is 4.86. The zero-order chi connectivity index (χ0) is 12.9. The summed E-state index contributed by atoms with van der Waals surface area (Å²) in [6.07, 6.45) is 2.20. The van der Waals surface area contributed by atoms with E-state index in [0.29, 0.717) is 18.9 Å². The van der Waals surface area contributed by atoms with Crippen LogP contribution < -0.4 is 11.3 Å². The van der Waals surface area contributed by atoms with Crippen LogP contribution in [0.15, 0.2) is 23.2 Å². The van der Waals surface area contributed by atoms with Gasteiger partial charge in [-0.3, -0.25) is 0 Å². The first-order valence-electron chi connectivity index (χ1n) is 5.49. The van der Waals surface area contributed by atoms with Crippen LogP contribution in [0, 0.1) is 0 Å². The number of nitrogens with two attached hydrogens (primary N) is 1. The number of hydrogen-bond donors (Lipinski definition) is 2. The van der Waals surface area contributed by atoms with Crippen molar-refractivity contribution in [1.29, 1.82) is 0 Å². The lowest BCUT2D eigenvalue weighted by atomic mass is 10.5. The van der Waals surface area contributed by atoms with Crippen molar-refractivity contribution in [3.8, 4) is 0 Å². The van der Waals surface area contributed by atoms with E-state index in [4.69, 9.17) is 5.84 Å². The smallest absolute Gasteiger partial charge is 0.243 e. The molecule has 6 nitrogen and oxygen atoms in total. The molecule has 0 fully saturated rings. The summed E-state index contributed by atoms with van der Waals surface area (Å²) in [5.41, 5.74) is 2.33. The molecular weight excluding hydrogens is 240 g/mol. The minimum Gasteiger partial charge on any atom is -0.308 e. The molecule has 0 aliphatic rings. The number of hydrazine groups is 1. The largest absolute Gasteiger partial charge is 0.308 e. The van der Waals surface area contributed by atoms with E-state index < -0.39 is 10.0 Å². The monoisotopic (exact) mass is 258 g/mol. The Hall–Kier alpha value is -1.18. The van der Waals surface area contributed by atoms with Gasteiger partial charge in [0.25, 0.3) is 0 Å². The molecule has 96 valence electrons. The van der Waals surface area contributed by atoms with Gasteiger partial charge < -0.3 is 5.43 Å². The highest BCUT2D eigenvalue weighted by atomic mass is 32.2. The fourth-order valence-corrected chi connectivity index (χ4v) is 3.05. The van der Waals surface area contributed by atoms with E-state index in [2.05, 4.69) is 10.4 Å². The van der Waals surface area contributed by atoms with Crippen LogP contribution in [0.3, 0.4) is 0 Å². The normalized spacial score (nSPS) is 11.8. The fourth-order valence-electron chi connectivity index (χ4n) is 1.50. The van der Waals surface area contributed by atoms with E-state index in [1.54, 1.807) is 0 Å². The second kappa shape index (κ2) is 5.95. The number of nitrogens with zero attached hydrogens (tertiary/aromatic N) is 2. The summed E-state index contributed by atoms with van der Waals surface area (Å²) >= 11 is 0. The molecule has 0 spiro atoms. The number of rotatable bonds is 6. The minimum absolute atomic E-state index is 0.204. The molecule has 0 saturated carbocycles. The van der Waals surface area contributed by atoms with Crippen molar-refractivity contribution in [1.82, 2.24) is 9.29 Å². The van der Waals surface area contributed by atoms with Gasteiger partial charge in [-0.05, 0) is 12.5 Å². The predicted octanol–water partition coefficient (Wildman–Crippen LogP) is 0.788. The molecule has 0 amide bonds. The average Bonchev–Trinajstić information content (AvgIpc) is 2.35. The molecule has 1 aromatic rings. The SMILES string of the molecule is CCCN(CC)S(=O)(=O)c1ccnc(NN)c1. The summed E-state index contributed by atoms with van der Waals surface area (Å²) in [4.78, 5) is 4.09. The third kappa shape index (κ3) is 3.15. The topological polar surface area (TPSA) is 88.3 Å². The molecule has 1 rings (SSSR count). The number of nitrogens with one attached hydrogen (secondary N) is 1. The van der Waals surface area contributed by atoms with E-state index in [1.165, 1.54) is 22.6 Å². The zero-order valence-corrected chi connectivity index (χ0v) is 10.9. The Bertz CT molecular complexity index is 461. The van der Waals surface area contributed by atoms with Crippen LogP contribution in [0.2, 0.25) is 0 Å². The lowest BCUT2D eigenvalue weighted by Crippen LogP contribution is -2.31. The van der Waals surface area contributed by atoms with Gasteiger partial charge in [0.15, 0.2) is 0 Å². The third-order valence-electron chi connectivity index (χ3n) is 2.34. The first-order valence-corrected chi connectivity index (χ1v) is 6.93. The van der Waals surface area contributed by atoms with E-state index >= 15 is 0 Å². The molecule has 0 atom stereocenters. The molecule has 0 aliphatic carbocycles. The number of nitrogen functional groups attached to an aromatic ring is 1. The Balaban J connectivity index is 3.10. The number of anilines is 1. The van der Waals surface area contributed by atoms with Crippen molar-refractivity contribution in [2.75, 3.05) is 18.5 Å². The molecule has 0 bridgehead atoms. The summed E-state index contributed by atoms with van der Waals surface area (Å²) in [5.74, 6) is 5.54. The highest BCUT2D eigenvalue weighted by molar-refractivity contribution is 7.89. The lowest BCUT2D eigenvalue weighted by molar-refractivity contribution is 0.427. The summed E-state index contributed by atoms with van der Waals surface area (Å²) < 4.78 is 25.9. The van der Waals surface area contributed by atoms with Crippen LogP contribution in [-0.2, 0) is 10.0 Å². The molecule has 1 aromatic heterocycles. The van der Waals surface area contributed by atoms with Crippen molar-refractivity contribution in [2.24, 2.45) is 5.84 Å². The molecule has 0 aromatic carbocycles. The Morgan fingerprint density at radius 2 is 2.18 bits per heavy atom. The van der Waals surface area contributed by atoms with Gasteiger partial charge in [0.1, 0.15) is 5.82 Å². The summed E-state index contributed by atoms with van der Waals surface area (Å²) in [5, 5.41) is 0.